The Balaban J connectivity index is 2.19. The molecule has 1 aliphatic rings. The van der Waals surface area contributed by atoms with Crippen molar-refractivity contribution in [3.8, 4) is 6.07 Å². The van der Waals surface area contributed by atoms with E-state index in [-0.39, 0.29) is 0 Å². The summed E-state index contributed by atoms with van der Waals surface area (Å²) < 4.78 is 0. The van der Waals surface area contributed by atoms with Crippen molar-refractivity contribution in [3.63, 3.8) is 0 Å². The molecule has 0 unspecified atom stereocenters. The van der Waals surface area contributed by atoms with Gasteiger partial charge in [0.2, 0.25) is 0 Å². The zero-order valence-electron chi connectivity index (χ0n) is 9.98. The van der Waals surface area contributed by atoms with Gasteiger partial charge in [-0.2, -0.15) is 5.26 Å². The molecule has 2 nitrogen and oxygen atoms in total. The number of benzene rings is 1. The summed E-state index contributed by atoms with van der Waals surface area (Å²) in [6, 6.07) is 10.6. The van der Waals surface area contributed by atoms with Crippen LogP contribution in [0, 0.1) is 17.2 Å². The summed E-state index contributed by atoms with van der Waals surface area (Å²) in [5.41, 5.74) is 1.93. The molecule has 1 fully saturated rings. The summed E-state index contributed by atoms with van der Waals surface area (Å²) in [6.07, 6.45) is 2.72. The van der Waals surface area contributed by atoms with E-state index in [2.05, 4.69) is 30.9 Å². The van der Waals surface area contributed by atoms with Gasteiger partial charge in [0, 0.05) is 18.3 Å². The lowest BCUT2D eigenvalue weighted by Crippen LogP contribution is -2.32. The van der Waals surface area contributed by atoms with Crippen molar-refractivity contribution in [3.05, 3.63) is 29.8 Å². The minimum Gasteiger partial charge on any atom is -0.369 e. The fourth-order valence-corrected chi connectivity index (χ4v) is 1.95. The van der Waals surface area contributed by atoms with Crippen LogP contribution >= 0.6 is 0 Å². The van der Waals surface area contributed by atoms with Gasteiger partial charge in [-0.3, -0.25) is 0 Å². The Morgan fingerprint density at radius 3 is 2.75 bits per heavy atom. The standard InChI is InChI=1S/C14H18N2/c1-11(2)16(10-12-6-7-12)14-5-3-4-13(8-14)9-15/h3-5,8,11-12H,6-7,10H2,1-2H3. The molecule has 1 aromatic rings. The second-order valence-corrected chi connectivity index (χ2v) is 4.85. The van der Waals surface area contributed by atoms with Crippen LogP contribution in [0.1, 0.15) is 32.3 Å². The van der Waals surface area contributed by atoms with Gasteiger partial charge in [-0.25, -0.2) is 0 Å². The van der Waals surface area contributed by atoms with Crippen molar-refractivity contribution < 1.29 is 0 Å². The lowest BCUT2D eigenvalue weighted by atomic mass is 10.1. The Kier molecular flexibility index (Phi) is 3.14. The molecule has 0 N–H and O–H groups in total. The van der Waals surface area contributed by atoms with Gasteiger partial charge < -0.3 is 4.90 Å². The summed E-state index contributed by atoms with van der Waals surface area (Å²) in [7, 11) is 0. The number of hydrogen-bond donors (Lipinski definition) is 0. The first-order chi connectivity index (χ1) is 7.70. The molecule has 0 heterocycles. The third kappa shape index (κ3) is 2.55. The molecule has 2 rings (SSSR count). The second-order valence-electron chi connectivity index (χ2n) is 4.85. The zero-order chi connectivity index (χ0) is 11.5. The molecule has 0 amide bonds. The first kappa shape index (κ1) is 11.0. The number of anilines is 1. The number of nitriles is 1. The van der Waals surface area contributed by atoms with Gasteiger partial charge in [-0.05, 0) is 50.8 Å². The largest absolute Gasteiger partial charge is 0.369 e. The fraction of sp³-hybridized carbons (Fsp3) is 0.500. The van der Waals surface area contributed by atoms with Crippen LogP contribution in [0.3, 0.4) is 0 Å². The average Bonchev–Trinajstić information content (AvgIpc) is 3.09. The molecule has 0 radical (unpaired) electrons. The molecule has 0 aromatic heterocycles. The van der Waals surface area contributed by atoms with Gasteiger partial charge in [-0.15, -0.1) is 0 Å². The predicted octanol–water partition coefficient (Wildman–Crippen LogP) is 3.18. The SMILES string of the molecule is CC(C)N(CC1CC1)c1cccc(C#N)c1. The minimum atomic E-state index is 0.495. The van der Waals surface area contributed by atoms with E-state index in [1.165, 1.54) is 18.5 Å². The van der Waals surface area contributed by atoms with Crippen LogP contribution < -0.4 is 4.90 Å². The van der Waals surface area contributed by atoms with E-state index in [0.29, 0.717) is 6.04 Å². The first-order valence-corrected chi connectivity index (χ1v) is 5.97. The number of rotatable bonds is 4. The van der Waals surface area contributed by atoms with E-state index >= 15 is 0 Å². The van der Waals surface area contributed by atoms with Crippen LogP contribution in [0.15, 0.2) is 24.3 Å². The minimum absolute atomic E-state index is 0.495. The van der Waals surface area contributed by atoms with Crippen molar-refractivity contribution in [1.82, 2.24) is 0 Å². The highest BCUT2D eigenvalue weighted by Crippen LogP contribution is 2.32. The number of nitrogens with zero attached hydrogens (tertiary/aromatic N) is 2. The molecule has 0 saturated heterocycles. The Morgan fingerprint density at radius 2 is 2.19 bits per heavy atom. The third-order valence-electron chi connectivity index (χ3n) is 3.08. The van der Waals surface area contributed by atoms with Crippen LogP contribution in [0.5, 0.6) is 0 Å². The van der Waals surface area contributed by atoms with Gasteiger partial charge in [0.25, 0.3) is 0 Å². The Morgan fingerprint density at radius 1 is 1.44 bits per heavy atom. The summed E-state index contributed by atoms with van der Waals surface area (Å²) in [5, 5.41) is 8.91. The van der Waals surface area contributed by atoms with E-state index in [0.717, 1.165) is 18.0 Å². The molecule has 84 valence electrons. The number of hydrogen-bond acceptors (Lipinski definition) is 2. The topological polar surface area (TPSA) is 27.0 Å². The van der Waals surface area contributed by atoms with Crippen molar-refractivity contribution in [1.29, 1.82) is 5.26 Å². The maximum Gasteiger partial charge on any atom is 0.0992 e. The van der Waals surface area contributed by atoms with Crippen LogP contribution in [0.2, 0.25) is 0 Å². The highest BCUT2D eigenvalue weighted by Gasteiger charge is 2.25. The molecular weight excluding hydrogens is 196 g/mol. The lowest BCUT2D eigenvalue weighted by molar-refractivity contribution is 0.644. The Hall–Kier alpha value is -1.49. The quantitative estimate of drug-likeness (QED) is 0.769. The van der Waals surface area contributed by atoms with Crippen LogP contribution in [0.4, 0.5) is 5.69 Å². The third-order valence-corrected chi connectivity index (χ3v) is 3.08. The first-order valence-electron chi connectivity index (χ1n) is 5.97. The van der Waals surface area contributed by atoms with Gasteiger partial charge in [0.1, 0.15) is 0 Å². The van der Waals surface area contributed by atoms with Gasteiger partial charge in [0.05, 0.1) is 11.6 Å². The summed E-state index contributed by atoms with van der Waals surface area (Å²) in [5.74, 6) is 0.869. The molecule has 1 aliphatic carbocycles. The van der Waals surface area contributed by atoms with E-state index in [9.17, 15) is 0 Å². The summed E-state index contributed by atoms with van der Waals surface area (Å²) in [4.78, 5) is 2.40. The van der Waals surface area contributed by atoms with Gasteiger partial charge in [0.15, 0.2) is 0 Å². The van der Waals surface area contributed by atoms with Crippen molar-refractivity contribution in [2.75, 3.05) is 11.4 Å². The van der Waals surface area contributed by atoms with E-state index in [1.54, 1.807) is 0 Å². The summed E-state index contributed by atoms with van der Waals surface area (Å²) >= 11 is 0. The second kappa shape index (κ2) is 4.57. The maximum absolute atomic E-state index is 8.91. The fourth-order valence-electron chi connectivity index (χ4n) is 1.95. The summed E-state index contributed by atoms with van der Waals surface area (Å²) in [6.45, 7) is 5.55. The Labute approximate surface area is 97.5 Å². The van der Waals surface area contributed by atoms with Gasteiger partial charge >= 0.3 is 0 Å². The zero-order valence-corrected chi connectivity index (χ0v) is 9.98. The smallest absolute Gasteiger partial charge is 0.0992 e. The molecule has 2 heteroatoms. The van der Waals surface area contributed by atoms with Crippen LogP contribution in [0.25, 0.3) is 0 Å². The van der Waals surface area contributed by atoms with Gasteiger partial charge in [-0.1, -0.05) is 6.07 Å². The van der Waals surface area contributed by atoms with E-state index in [1.807, 2.05) is 18.2 Å². The normalized spacial score (nSPS) is 14.9. The highest BCUT2D eigenvalue weighted by molar-refractivity contribution is 5.52. The predicted molar refractivity (Wildman–Crippen MR) is 66.4 cm³/mol. The monoisotopic (exact) mass is 214 g/mol. The van der Waals surface area contributed by atoms with Crippen LogP contribution in [-0.2, 0) is 0 Å². The van der Waals surface area contributed by atoms with E-state index in [4.69, 9.17) is 5.26 Å². The lowest BCUT2D eigenvalue weighted by Gasteiger charge is -2.29. The Bertz CT molecular complexity index is 399. The van der Waals surface area contributed by atoms with Crippen molar-refractivity contribution >= 4 is 5.69 Å². The molecule has 0 atom stereocenters. The maximum atomic E-state index is 8.91. The molecule has 0 spiro atoms. The van der Waals surface area contributed by atoms with E-state index < -0.39 is 0 Å². The van der Waals surface area contributed by atoms with Crippen molar-refractivity contribution in [2.45, 2.75) is 32.7 Å². The average molecular weight is 214 g/mol. The molecular formula is C14H18N2. The molecule has 0 bridgehead atoms. The highest BCUT2D eigenvalue weighted by atomic mass is 15.2. The molecule has 1 aromatic carbocycles. The van der Waals surface area contributed by atoms with Crippen molar-refractivity contribution in [2.24, 2.45) is 5.92 Å². The molecule has 1 saturated carbocycles. The molecule has 0 aliphatic heterocycles. The van der Waals surface area contributed by atoms with Crippen LogP contribution in [-0.4, -0.2) is 12.6 Å². The molecule has 16 heavy (non-hydrogen) atoms.